The third-order valence-electron chi connectivity index (χ3n) is 7.83. The number of hydrogen-bond acceptors (Lipinski definition) is 9. The number of phenols is 1. The van der Waals surface area contributed by atoms with Crippen molar-refractivity contribution in [1.82, 2.24) is 5.32 Å². The number of carbonyl (C=O) groups excluding carboxylic acids is 6. The molecule has 2 unspecified atom stereocenters. The second-order valence-electron chi connectivity index (χ2n) is 11.7. The largest absolute Gasteiger partial charge is 0.507 e. The molecular formula is C27H32N2O8. The summed E-state index contributed by atoms with van der Waals surface area (Å²) in [5.74, 6) is -11.1. The van der Waals surface area contributed by atoms with E-state index in [2.05, 4.69) is 5.32 Å². The van der Waals surface area contributed by atoms with Crippen LogP contribution in [0, 0.1) is 29.1 Å². The molecule has 10 heteroatoms. The molecule has 0 radical (unpaired) electrons. The Morgan fingerprint density at radius 3 is 2.35 bits per heavy atom. The van der Waals surface area contributed by atoms with Gasteiger partial charge in [-0.3, -0.25) is 28.8 Å². The zero-order valence-electron chi connectivity index (χ0n) is 21.3. The van der Waals surface area contributed by atoms with Crippen molar-refractivity contribution < 1.29 is 39.0 Å². The number of phenolic OH excluding ortho intramolecular Hbond substituents is 1. The van der Waals surface area contributed by atoms with Crippen LogP contribution in [0.25, 0.3) is 0 Å². The zero-order chi connectivity index (χ0) is 27.6. The van der Waals surface area contributed by atoms with Gasteiger partial charge >= 0.3 is 0 Å². The zero-order valence-corrected chi connectivity index (χ0v) is 21.3. The molecule has 0 aromatic heterocycles. The highest BCUT2D eigenvalue weighted by Crippen LogP contribution is 2.50. The first kappa shape index (κ1) is 26.8. The van der Waals surface area contributed by atoms with Gasteiger partial charge in [-0.25, -0.2) is 0 Å². The van der Waals surface area contributed by atoms with Gasteiger partial charge in [-0.1, -0.05) is 20.8 Å². The van der Waals surface area contributed by atoms with Gasteiger partial charge in [0.2, 0.25) is 5.91 Å². The van der Waals surface area contributed by atoms with Crippen molar-refractivity contribution in [3.05, 3.63) is 28.3 Å². The Bertz CT molecular complexity index is 1260. The summed E-state index contributed by atoms with van der Waals surface area (Å²) in [5.41, 5.74) is 3.16. The van der Waals surface area contributed by atoms with Crippen molar-refractivity contribution in [3.63, 3.8) is 0 Å². The number of aromatic hydroxyl groups is 1. The fraction of sp³-hybridized carbons (Fsp3) is 0.556. The Kier molecular flexibility index (Phi) is 6.49. The molecule has 5 atom stereocenters. The van der Waals surface area contributed by atoms with Gasteiger partial charge in [0, 0.05) is 36.6 Å². The van der Waals surface area contributed by atoms with E-state index in [1.54, 1.807) is 6.07 Å². The molecule has 2 fully saturated rings. The van der Waals surface area contributed by atoms with Crippen molar-refractivity contribution in [1.29, 1.82) is 0 Å². The first-order chi connectivity index (χ1) is 17.1. The molecule has 1 aromatic carbocycles. The molecule has 0 saturated heterocycles. The van der Waals surface area contributed by atoms with E-state index in [1.807, 2.05) is 20.8 Å². The van der Waals surface area contributed by atoms with E-state index in [0.717, 1.165) is 0 Å². The summed E-state index contributed by atoms with van der Waals surface area (Å²) in [4.78, 5) is 77.2. The Morgan fingerprint density at radius 1 is 1.14 bits per heavy atom. The minimum Gasteiger partial charge on any atom is -0.507 e. The molecule has 37 heavy (non-hydrogen) atoms. The first-order valence-corrected chi connectivity index (χ1v) is 12.4. The SMILES string of the molecule is CC(=O)c1cc(CNCC(C)(C)C)c(O)c2c1C[C@H]1C[C@H]3CC(=O)C(C(N)=O)C(=O)[C@@]3(O)C(=O)C1C2=O. The highest BCUT2D eigenvalue weighted by Gasteiger charge is 2.66. The lowest BCUT2D eigenvalue weighted by Gasteiger charge is -2.48. The van der Waals surface area contributed by atoms with Gasteiger partial charge in [-0.15, -0.1) is 0 Å². The molecule has 5 N–H and O–H groups in total. The van der Waals surface area contributed by atoms with Gasteiger partial charge < -0.3 is 21.3 Å². The summed E-state index contributed by atoms with van der Waals surface area (Å²) in [6.45, 7) is 8.17. The maximum Gasteiger partial charge on any atom is 0.235 e. The van der Waals surface area contributed by atoms with E-state index in [1.165, 1.54) is 6.92 Å². The smallest absolute Gasteiger partial charge is 0.235 e. The number of ketones is 5. The number of Topliss-reactive ketones (excluding diaryl/α,β-unsaturated/α-hetero) is 5. The minimum atomic E-state index is -2.70. The molecule has 198 valence electrons. The molecular weight excluding hydrogens is 480 g/mol. The molecule has 1 aromatic rings. The van der Waals surface area contributed by atoms with Gasteiger partial charge in [-0.05, 0) is 42.7 Å². The molecule has 0 spiro atoms. The molecule has 0 bridgehead atoms. The summed E-state index contributed by atoms with van der Waals surface area (Å²) >= 11 is 0. The second kappa shape index (κ2) is 8.95. The molecule has 0 heterocycles. The predicted octanol–water partition coefficient (Wildman–Crippen LogP) is 0.665. The lowest BCUT2D eigenvalue weighted by atomic mass is 9.53. The summed E-state index contributed by atoms with van der Waals surface area (Å²) in [5, 5.41) is 25.6. The molecule has 1 amide bonds. The Morgan fingerprint density at radius 2 is 1.78 bits per heavy atom. The van der Waals surface area contributed by atoms with E-state index >= 15 is 0 Å². The van der Waals surface area contributed by atoms with E-state index in [0.29, 0.717) is 17.7 Å². The molecule has 2 saturated carbocycles. The minimum absolute atomic E-state index is 0.0198. The average molecular weight is 513 g/mol. The summed E-state index contributed by atoms with van der Waals surface area (Å²) in [6, 6.07) is 1.55. The van der Waals surface area contributed by atoms with E-state index in [4.69, 9.17) is 5.73 Å². The van der Waals surface area contributed by atoms with Gasteiger partial charge in [-0.2, -0.15) is 0 Å². The molecule has 3 aliphatic rings. The fourth-order valence-corrected chi connectivity index (χ4v) is 6.11. The Balaban J connectivity index is 1.78. The molecule has 4 rings (SSSR count). The van der Waals surface area contributed by atoms with Crippen molar-refractivity contribution in [2.24, 2.45) is 34.8 Å². The van der Waals surface area contributed by atoms with Crippen LogP contribution in [0.15, 0.2) is 6.07 Å². The Hall–Kier alpha value is -3.24. The average Bonchev–Trinajstić information content (AvgIpc) is 2.76. The number of benzene rings is 1. The van der Waals surface area contributed by atoms with Crippen LogP contribution in [-0.4, -0.2) is 57.2 Å². The predicted molar refractivity (Wildman–Crippen MR) is 130 cm³/mol. The van der Waals surface area contributed by atoms with Crippen molar-refractivity contribution in [3.8, 4) is 5.75 Å². The molecule has 3 aliphatic carbocycles. The van der Waals surface area contributed by atoms with E-state index in [-0.39, 0.29) is 47.5 Å². The number of nitrogens with two attached hydrogens (primary N) is 1. The van der Waals surface area contributed by atoms with Gasteiger partial charge in [0.1, 0.15) is 5.75 Å². The first-order valence-electron chi connectivity index (χ1n) is 12.4. The maximum atomic E-state index is 13.8. The lowest BCUT2D eigenvalue weighted by molar-refractivity contribution is -0.175. The van der Waals surface area contributed by atoms with Crippen LogP contribution in [0.2, 0.25) is 0 Å². The van der Waals surface area contributed by atoms with Gasteiger partial charge in [0.15, 0.2) is 40.4 Å². The quantitative estimate of drug-likeness (QED) is 0.325. The van der Waals surface area contributed by atoms with Crippen molar-refractivity contribution in [2.75, 3.05) is 6.54 Å². The topological polar surface area (TPSA) is 181 Å². The van der Waals surface area contributed by atoms with Crippen LogP contribution in [0.5, 0.6) is 5.75 Å². The summed E-state index contributed by atoms with van der Waals surface area (Å²) in [6.07, 6.45) is -0.354. The highest BCUT2D eigenvalue weighted by molar-refractivity contribution is 6.31. The van der Waals surface area contributed by atoms with Gasteiger partial charge in [0.05, 0.1) is 11.5 Å². The van der Waals surface area contributed by atoms with Crippen LogP contribution in [-0.2, 0) is 32.1 Å². The number of amides is 1. The van der Waals surface area contributed by atoms with Crippen LogP contribution >= 0.6 is 0 Å². The monoisotopic (exact) mass is 512 g/mol. The second-order valence-corrected chi connectivity index (χ2v) is 11.7. The van der Waals surface area contributed by atoms with Crippen LogP contribution in [0.3, 0.4) is 0 Å². The summed E-state index contributed by atoms with van der Waals surface area (Å²) in [7, 11) is 0. The number of aliphatic hydroxyl groups is 1. The number of fused-ring (bicyclic) bond motifs is 3. The normalized spacial score (nSPS) is 29.4. The van der Waals surface area contributed by atoms with Crippen LogP contribution in [0.4, 0.5) is 0 Å². The van der Waals surface area contributed by atoms with E-state index in [9.17, 15) is 39.0 Å². The fourth-order valence-electron chi connectivity index (χ4n) is 6.11. The third kappa shape index (κ3) is 4.21. The number of rotatable bonds is 5. The van der Waals surface area contributed by atoms with Crippen molar-refractivity contribution >= 4 is 34.8 Å². The number of primary amides is 1. The maximum absolute atomic E-state index is 13.8. The summed E-state index contributed by atoms with van der Waals surface area (Å²) < 4.78 is 0. The van der Waals surface area contributed by atoms with Crippen LogP contribution in [0.1, 0.15) is 72.4 Å². The van der Waals surface area contributed by atoms with E-state index < -0.39 is 64.7 Å². The van der Waals surface area contributed by atoms with Crippen LogP contribution < -0.4 is 11.1 Å². The van der Waals surface area contributed by atoms with Gasteiger partial charge in [0.25, 0.3) is 0 Å². The number of nitrogens with one attached hydrogen (secondary N) is 1. The highest BCUT2D eigenvalue weighted by atomic mass is 16.3. The number of carbonyl (C=O) groups is 6. The third-order valence-corrected chi connectivity index (χ3v) is 7.83. The lowest BCUT2D eigenvalue weighted by Crippen LogP contribution is -2.68. The molecule has 0 aliphatic heterocycles. The molecule has 10 nitrogen and oxygen atoms in total. The standard InChI is InChI=1S/C27H32N2O8/c1-11(30)15-7-13(9-29-10-26(2,3)4)21(32)19-16(15)6-12-5-14-8-17(31)20(25(28)36)24(35)27(14,37)23(34)18(12)22(19)33/h7,12,14,18,20,29,32,37H,5-6,8-10H2,1-4H3,(H2,28,36)/t12-,14+,18?,20?,27+/m1/s1. The Labute approximate surface area is 214 Å². The van der Waals surface area contributed by atoms with Crippen molar-refractivity contribution in [2.45, 2.75) is 59.1 Å². The number of hydrogen-bond donors (Lipinski definition) is 4.